The highest BCUT2D eigenvalue weighted by atomic mass is 16.4. The molecular formula is C16H27N3O2. The van der Waals surface area contributed by atoms with Gasteiger partial charge in [-0.2, -0.15) is 0 Å². The molecule has 0 amide bonds. The number of nitrogens with zero attached hydrogens (tertiary/aromatic N) is 2. The number of aliphatic carboxylic acids is 1. The fourth-order valence-electron chi connectivity index (χ4n) is 3.12. The molecule has 1 heterocycles. The smallest absolute Gasteiger partial charge is 0.323 e. The molecule has 5 nitrogen and oxygen atoms in total. The molecule has 2 N–H and O–H groups in total. The zero-order valence-corrected chi connectivity index (χ0v) is 13.4. The minimum absolute atomic E-state index is 0.648. The molecule has 1 aliphatic rings. The van der Waals surface area contributed by atoms with Crippen molar-refractivity contribution in [3.05, 3.63) is 17.2 Å². The topological polar surface area (TPSA) is 67.2 Å². The summed E-state index contributed by atoms with van der Waals surface area (Å²) in [6.45, 7) is 4.78. The third kappa shape index (κ3) is 3.46. The molecule has 2 rings (SSSR count). The number of imidazole rings is 1. The maximum Gasteiger partial charge on any atom is 0.323 e. The maximum absolute atomic E-state index is 11.2. The number of hydrogen-bond donors (Lipinski definition) is 2. The fraction of sp³-hybridized carbons (Fsp3) is 0.750. The van der Waals surface area contributed by atoms with E-state index < -0.39 is 11.5 Å². The Hall–Kier alpha value is -1.36. The lowest BCUT2D eigenvalue weighted by Crippen LogP contribution is -2.47. The van der Waals surface area contributed by atoms with Crippen LogP contribution in [0.1, 0.15) is 56.2 Å². The third-order valence-corrected chi connectivity index (χ3v) is 4.76. The number of nitrogens with one attached hydrogen (secondary N) is 1. The Bertz CT molecular complexity index is 510. The molecule has 5 heteroatoms. The number of fused-ring (bicyclic) bond motifs is 1. The third-order valence-electron chi connectivity index (χ3n) is 4.76. The number of carbonyl (C=O) groups is 1. The van der Waals surface area contributed by atoms with E-state index in [-0.39, 0.29) is 0 Å². The summed E-state index contributed by atoms with van der Waals surface area (Å²) in [5.41, 5.74) is 1.88. The van der Waals surface area contributed by atoms with Crippen LogP contribution in [0, 0.1) is 6.92 Å². The van der Waals surface area contributed by atoms with Gasteiger partial charge in [0.25, 0.3) is 0 Å². The standard InChI is InChI=1S/C16H27N3O2/c1-12-18-13-8-4-5-9-14(13)19(12)11-7-6-10-16(2,17-3)15(20)21/h17H,4-11H2,1-3H3,(H,20,21). The first-order valence-electron chi connectivity index (χ1n) is 7.95. The fourth-order valence-corrected chi connectivity index (χ4v) is 3.12. The second-order valence-electron chi connectivity index (χ2n) is 6.26. The lowest BCUT2D eigenvalue weighted by molar-refractivity contribution is -0.144. The van der Waals surface area contributed by atoms with Gasteiger partial charge in [0, 0.05) is 12.2 Å². The molecule has 0 aliphatic heterocycles. The molecule has 0 aromatic carbocycles. The number of carboxylic acid groups (broad SMARTS) is 1. The molecule has 0 bridgehead atoms. The maximum atomic E-state index is 11.2. The molecule has 0 spiro atoms. The minimum Gasteiger partial charge on any atom is -0.480 e. The summed E-state index contributed by atoms with van der Waals surface area (Å²) in [6.07, 6.45) is 7.30. The normalized spacial score (nSPS) is 17.3. The molecule has 1 atom stereocenters. The number of unbranched alkanes of at least 4 members (excludes halogenated alkanes) is 1. The summed E-state index contributed by atoms with van der Waals surface area (Å²) < 4.78 is 2.34. The predicted molar refractivity (Wildman–Crippen MR) is 82.6 cm³/mol. The molecule has 1 aromatic rings. The molecule has 0 saturated heterocycles. The predicted octanol–water partition coefficient (Wildman–Crippen LogP) is 2.30. The number of aryl methyl sites for hydroxylation is 2. The van der Waals surface area contributed by atoms with E-state index >= 15 is 0 Å². The minimum atomic E-state index is -0.816. The second-order valence-corrected chi connectivity index (χ2v) is 6.26. The van der Waals surface area contributed by atoms with Crippen molar-refractivity contribution in [3.63, 3.8) is 0 Å². The van der Waals surface area contributed by atoms with Crippen molar-refractivity contribution >= 4 is 5.97 Å². The van der Waals surface area contributed by atoms with Gasteiger partial charge in [0.05, 0.1) is 5.69 Å². The van der Waals surface area contributed by atoms with Crippen LogP contribution in [-0.4, -0.2) is 33.2 Å². The van der Waals surface area contributed by atoms with Gasteiger partial charge in [-0.25, -0.2) is 4.98 Å². The first-order valence-corrected chi connectivity index (χ1v) is 7.95. The van der Waals surface area contributed by atoms with Crippen LogP contribution in [0.2, 0.25) is 0 Å². The van der Waals surface area contributed by atoms with Gasteiger partial charge in [0.1, 0.15) is 11.4 Å². The Morgan fingerprint density at radius 1 is 1.38 bits per heavy atom. The van der Waals surface area contributed by atoms with Crippen LogP contribution in [0.5, 0.6) is 0 Å². The average Bonchev–Trinajstić information content (AvgIpc) is 2.79. The monoisotopic (exact) mass is 293 g/mol. The van der Waals surface area contributed by atoms with Gasteiger partial charge in [-0.1, -0.05) is 0 Å². The van der Waals surface area contributed by atoms with E-state index in [4.69, 9.17) is 0 Å². The molecule has 1 unspecified atom stereocenters. The van der Waals surface area contributed by atoms with Gasteiger partial charge in [0.15, 0.2) is 0 Å². The highest BCUT2D eigenvalue weighted by Gasteiger charge is 2.30. The zero-order valence-electron chi connectivity index (χ0n) is 13.4. The van der Waals surface area contributed by atoms with Crippen molar-refractivity contribution in [1.29, 1.82) is 0 Å². The summed E-state index contributed by atoms with van der Waals surface area (Å²) in [5.74, 6) is 0.331. The first-order chi connectivity index (χ1) is 9.98. The van der Waals surface area contributed by atoms with Gasteiger partial charge in [0.2, 0.25) is 0 Å². The van der Waals surface area contributed by atoms with Crippen molar-refractivity contribution in [2.45, 2.75) is 70.9 Å². The van der Waals surface area contributed by atoms with Gasteiger partial charge in [-0.05, 0) is 65.8 Å². The Morgan fingerprint density at radius 2 is 2.10 bits per heavy atom. The Balaban J connectivity index is 1.90. The summed E-state index contributed by atoms with van der Waals surface area (Å²) in [4.78, 5) is 15.9. The number of likely N-dealkylation sites (N-methyl/N-ethyl adjacent to an activating group) is 1. The average molecular weight is 293 g/mol. The van der Waals surface area contributed by atoms with Gasteiger partial charge in [-0.15, -0.1) is 0 Å². The molecule has 118 valence electrons. The SMILES string of the molecule is CNC(C)(CCCCn1c(C)nc2c1CCCC2)C(=O)O. The van der Waals surface area contributed by atoms with Crippen LogP contribution in [0.3, 0.4) is 0 Å². The van der Waals surface area contributed by atoms with Crippen LogP contribution < -0.4 is 5.32 Å². The van der Waals surface area contributed by atoms with Gasteiger partial charge >= 0.3 is 5.97 Å². The van der Waals surface area contributed by atoms with Crippen LogP contribution in [-0.2, 0) is 24.2 Å². The van der Waals surface area contributed by atoms with Crippen molar-refractivity contribution in [2.75, 3.05) is 7.05 Å². The molecule has 0 radical (unpaired) electrons. The molecular weight excluding hydrogens is 266 g/mol. The molecule has 1 aromatic heterocycles. The van der Waals surface area contributed by atoms with E-state index in [0.717, 1.165) is 38.1 Å². The van der Waals surface area contributed by atoms with Crippen molar-refractivity contribution in [2.24, 2.45) is 0 Å². The number of aromatic nitrogens is 2. The number of carboxylic acids is 1. The zero-order chi connectivity index (χ0) is 15.5. The summed E-state index contributed by atoms with van der Waals surface area (Å²) in [7, 11) is 1.71. The van der Waals surface area contributed by atoms with Crippen LogP contribution in [0.15, 0.2) is 0 Å². The second kappa shape index (κ2) is 6.60. The highest BCUT2D eigenvalue weighted by molar-refractivity contribution is 5.78. The Morgan fingerprint density at radius 3 is 2.76 bits per heavy atom. The molecule has 1 aliphatic carbocycles. The lowest BCUT2D eigenvalue weighted by Gasteiger charge is -2.24. The van der Waals surface area contributed by atoms with Crippen LogP contribution in [0.25, 0.3) is 0 Å². The van der Waals surface area contributed by atoms with E-state index in [1.807, 2.05) is 0 Å². The Labute approximate surface area is 126 Å². The Kier molecular flexibility index (Phi) is 5.04. The quantitative estimate of drug-likeness (QED) is 0.757. The highest BCUT2D eigenvalue weighted by Crippen LogP contribution is 2.23. The van der Waals surface area contributed by atoms with Crippen molar-refractivity contribution in [1.82, 2.24) is 14.9 Å². The van der Waals surface area contributed by atoms with Crippen LogP contribution in [0.4, 0.5) is 0 Å². The summed E-state index contributed by atoms with van der Waals surface area (Å²) >= 11 is 0. The van der Waals surface area contributed by atoms with Gasteiger partial charge < -0.3 is 15.0 Å². The number of rotatable bonds is 7. The molecule has 21 heavy (non-hydrogen) atoms. The molecule has 0 saturated carbocycles. The first kappa shape index (κ1) is 16.0. The van der Waals surface area contributed by atoms with E-state index in [1.54, 1.807) is 14.0 Å². The van der Waals surface area contributed by atoms with E-state index in [2.05, 4.69) is 21.8 Å². The van der Waals surface area contributed by atoms with E-state index in [0.29, 0.717) is 6.42 Å². The lowest BCUT2D eigenvalue weighted by atomic mass is 9.95. The van der Waals surface area contributed by atoms with Gasteiger partial charge in [-0.3, -0.25) is 4.79 Å². The summed E-state index contributed by atoms with van der Waals surface area (Å²) in [6, 6.07) is 0. The summed E-state index contributed by atoms with van der Waals surface area (Å²) in [5, 5.41) is 12.2. The molecule has 0 fully saturated rings. The van der Waals surface area contributed by atoms with Crippen molar-refractivity contribution in [3.8, 4) is 0 Å². The number of hydrogen-bond acceptors (Lipinski definition) is 3. The van der Waals surface area contributed by atoms with Crippen LogP contribution >= 0.6 is 0 Å². The largest absolute Gasteiger partial charge is 0.480 e. The van der Waals surface area contributed by atoms with E-state index in [9.17, 15) is 9.90 Å². The van der Waals surface area contributed by atoms with E-state index in [1.165, 1.54) is 24.2 Å². The van der Waals surface area contributed by atoms with Crippen molar-refractivity contribution < 1.29 is 9.90 Å².